The lowest BCUT2D eigenvalue weighted by atomic mass is 10.1. The molecule has 0 aliphatic heterocycles. The molecule has 18 heavy (non-hydrogen) atoms. The van der Waals surface area contributed by atoms with Crippen molar-refractivity contribution >= 4 is 15.9 Å². The van der Waals surface area contributed by atoms with Crippen molar-refractivity contribution in [1.82, 2.24) is 0 Å². The highest BCUT2D eigenvalue weighted by Gasteiger charge is 2.01. The monoisotopic (exact) mass is 308 g/mol. The summed E-state index contributed by atoms with van der Waals surface area (Å²) in [5, 5.41) is 0.836. The van der Waals surface area contributed by atoms with E-state index >= 15 is 0 Å². The molecule has 1 nitrogen and oxygen atoms in total. The minimum Gasteiger partial charge on any atom is -0.489 e. The number of rotatable bonds is 4. The van der Waals surface area contributed by atoms with Crippen LogP contribution in [0.1, 0.15) is 16.7 Å². The third-order valence-corrected chi connectivity index (χ3v) is 3.36. The first-order valence-electron chi connectivity index (χ1n) is 5.72. The average molecular weight is 309 g/mol. The molecule has 0 amide bonds. The maximum atomic E-state index is 13.0. The van der Waals surface area contributed by atoms with E-state index in [4.69, 9.17) is 4.74 Å². The molecule has 0 bridgehead atoms. The van der Waals surface area contributed by atoms with E-state index in [1.54, 1.807) is 6.07 Å². The van der Waals surface area contributed by atoms with Crippen molar-refractivity contribution in [3.63, 3.8) is 0 Å². The molecule has 94 valence electrons. The van der Waals surface area contributed by atoms with Crippen molar-refractivity contribution in [2.24, 2.45) is 0 Å². The van der Waals surface area contributed by atoms with Crippen molar-refractivity contribution in [2.45, 2.75) is 18.9 Å². The second-order valence-electron chi connectivity index (χ2n) is 4.14. The van der Waals surface area contributed by atoms with Gasteiger partial charge in [0.05, 0.1) is 0 Å². The van der Waals surface area contributed by atoms with Gasteiger partial charge in [0.2, 0.25) is 0 Å². The summed E-state index contributed by atoms with van der Waals surface area (Å²) >= 11 is 3.43. The van der Waals surface area contributed by atoms with Crippen molar-refractivity contribution in [3.8, 4) is 5.75 Å². The fourth-order valence-corrected chi connectivity index (χ4v) is 2.33. The smallest absolute Gasteiger partial charge is 0.123 e. The van der Waals surface area contributed by atoms with Crippen LogP contribution in [0.15, 0.2) is 42.5 Å². The van der Waals surface area contributed by atoms with Gasteiger partial charge >= 0.3 is 0 Å². The highest BCUT2D eigenvalue weighted by atomic mass is 79.9. The Morgan fingerprint density at radius 2 is 2.00 bits per heavy atom. The summed E-state index contributed by atoms with van der Waals surface area (Å²) in [6.45, 7) is 2.43. The number of hydrogen-bond donors (Lipinski definition) is 0. The molecule has 0 fully saturated rings. The van der Waals surface area contributed by atoms with Crippen LogP contribution in [0, 0.1) is 12.7 Å². The van der Waals surface area contributed by atoms with E-state index in [1.807, 2.05) is 31.2 Å². The number of halogens is 2. The van der Waals surface area contributed by atoms with Gasteiger partial charge in [0.25, 0.3) is 0 Å². The molecular formula is C15H14BrFO. The number of hydrogen-bond acceptors (Lipinski definition) is 1. The predicted molar refractivity (Wildman–Crippen MR) is 74.5 cm³/mol. The van der Waals surface area contributed by atoms with Crippen molar-refractivity contribution < 1.29 is 9.13 Å². The maximum absolute atomic E-state index is 13.0. The Morgan fingerprint density at radius 1 is 1.17 bits per heavy atom. The quantitative estimate of drug-likeness (QED) is 0.750. The maximum Gasteiger partial charge on any atom is 0.123 e. The van der Waals surface area contributed by atoms with Crippen molar-refractivity contribution in [1.29, 1.82) is 0 Å². The van der Waals surface area contributed by atoms with Crippen LogP contribution in [0.3, 0.4) is 0 Å². The molecule has 0 aliphatic rings. The van der Waals surface area contributed by atoms with Gasteiger partial charge < -0.3 is 4.74 Å². The van der Waals surface area contributed by atoms with Gasteiger partial charge in [0.15, 0.2) is 0 Å². The Morgan fingerprint density at radius 3 is 2.67 bits per heavy atom. The van der Waals surface area contributed by atoms with Gasteiger partial charge in [-0.1, -0.05) is 34.1 Å². The number of benzene rings is 2. The first-order valence-corrected chi connectivity index (χ1v) is 6.84. The highest BCUT2D eigenvalue weighted by molar-refractivity contribution is 9.08. The molecule has 0 unspecified atom stereocenters. The molecule has 0 saturated carbocycles. The van der Waals surface area contributed by atoms with E-state index in [1.165, 1.54) is 23.3 Å². The van der Waals surface area contributed by atoms with Crippen LogP contribution in [0.4, 0.5) is 4.39 Å². The van der Waals surface area contributed by atoms with Crippen LogP contribution < -0.4 is 4.74 Å². The first-order chi connectivity index (χ1) is 8.69. The summed E-state index contributed by atoms with van der Waals surface area (Å²) in [5.74, 6) is 0.573. The molecular weight excluding hydrogens is 295 g/mol. The fraction of sp³-hybridized carbons (Fsp3) is 0.200. The zero-order valence-electron chi connectivity index (χ0n) is 10.1. The van der Waals surface area contributed by atoms with E-state index in [9.17, 15) is 4.39 Å². The van der Waals surface area contributed by atoms with Crippen LogP contribution >= 0.6 is 15.9 Å². The second kappa shape index (κ2) is 6.01. The summed E-state index contributed by atoms with van der Waals surface area (Å²) in [6, 6.07) is 12.4. The molecule has 0 aliphatic carbocycles. The highest BCUT2D eigenvalue weighted by Crippen LogP contribution is 2.20. The van der Waals surface area contributed by atoms with E-state index in [2.05, 4.69) is 15.9 Å². The lowest BCUT2D eigenvalue weighted by molar-refractivity contribution is 0.305. The van der Waals surface area contributed by atoms with Gasteiger partial charge in [-0.3, -0.25) is 0 Å². The molecule has 0 saturated heterocycles. The Hall–Kier alpha value is -1.35. The van der Waals surface area contributed by atoms with Crippen LogP contribution in [-0.2, 0) is 11.9 Å². The summed E-state index contributed by atoms with van der Waals surface area (Å²) in [7, 11) is 0. The summed E-state index contributed by atoms with van der Waals surface area (Å²) in [4.78, 5) is 0. The van der Waals surface area contributed by atoms with Gasteiger partial charge in [-0.2, -0.15) is 0 Å². The van der Waals surface area contributed by atoms with Gasteiger partial charge in [-0.15, -0.1) is 0 Å². The van der Waals surface area contributed by atoms with Crippen LogP contribution in [-0.4, -0.2) is 0 Å². The third-order valence-electron chi connectivity index (χ3n) is 2.75. The van der Waals surface area contributed by atoms with E-state index in [0.717, 1.165) is 16.6 Å². The van der Waals surface area contributed by atoms with E-state index in [-0.39, 0.29) is 5.82 Å². The molecule has 0 spiro atoms. The minimum absolute atomic E-state index is 0.234. The van der Waals surface area contributed by atoms with Crippen LogP contribution in [0.25, 0.3) is 0 Å². The average Bonchev–Trinajstić information content (AvgIpc) is 2.37. The SMILES string of the molecule is Cc1cc(OCc2cccc(F)c2)ccc1CBr. The Labute approximate surface area is 115 Å². The van der Waals surface area contributed by atoms with Crippen molar-refractivity contribution in [3.05, 3.63) is 65.0 Å². The molecule has 3 heteroatoms. The van der Waals surface area contributed by atoms with Gasteiger partial charge in [0.1, 0.15) is 18.2 Å². The minimum atomic E-state index is -0.234. The summed E-state index contributed by atoms with van der Waals surface area (Å²) < 4.78 is 18.6. The molecule has 2 aromatic carbocycles. The Balaban J connectivity index is 2.04. The number of aryl methyl sites for hydroxylation is 1. The molecule has 0 radical (unpaired) electrons. The fourth-order valence-electron chi connectivity index (χ4n) is 1.70. The normalized spacial score (nSPS) is 10.4. The number of alkyl halides is 1. The molecule has 2 aromatic rings. The standard InChI is InChI=1S/C15H14BrFO/c1-11-7-15(6-5-13(11)9-16)18-10-12-3-2-4-14(17)8-12/h2-8H,9-10H2,1H3. The summed E-state index contributed by atoms with van der Waals surface area (Å²) in [6.07, 6.45) is 0. The zero-order chi connectivity index (χ0) is 13.0. The lowest BCUT2D eigenvalue weighted by Gasteiger charge is -2.09. The van der Waals surface area contributed by atoms with Gasteiger partial charge in [-0.05, 0) is 47.9 Å². The zero-order valence-corrected chi connectivity index (χ0v) is 11.7. The van der Waals surface area contributed by atoms with Gasteiger partial charge in [-0.25, -0.2) is 4.39 Å². The predicted octanol–water partition coefficient (Wildman–Crippen LogP) is 4.61. The van der Waals surface area contributed by atoms with Crippen molar-refractivity contribution in [2.75, 3.05) is 0 Å². The molecule has 0 aromatic heterocycles. The molecule has 0 atom stereocenters. The van der Waals surface area contributed by atoms with Crippen LogP contribution in [0.2, 0.25) is 0 Å². The molecule has 2 rings (SSSR count). The van der Waals surface area contributed by atoms with Gasteiger partial charge in [0, 0.05) is 5.33 Å². The van der Waals surface area contributed by atoms with Crippen LogP contribution in [0.5, 0.6) is 5.75 Å². The van der Waals surface area contributed by atoms with E-state index < -0.39 is 0 Å². The lowest BCUT2D eigenvalue weighted by Crippen LogP contribution is -1.96. The largest absolute Gasteiger partial charge is 0.489 e. The Bertz CT molecular complexity index is 540. The molecule has 0 N–H and O–H groups in total. The topological polar surface area (TPSA) is 9.23 Å². The second-order valence-corrected chi connectivity index (χ2v) is 4.70. The first kappa shape index (κ1) is 13.1. The summed E-state index contributed by atoms with van der Waals surface area (Å²) in [5.41, 5.74) is 3.26. The number of ether oxygens (including phenoxy) is 1. The van der Waals surface area contributed by atoms with E-state index in [0.29, 0.717) is 6.61 Å². The Kier molecular flexibility index (Phi) is 4.37. The third kappa shape index (κ3) is 3.33. The molecule has 0 heterocycles.